The van der Waals surface area contributed by atoms with E-state index in [0.717, 1.165) is 30.6 Å². The Hall–Kier alpha value is -1.89. The van der Waals surface area contributed by atoms with Gasteiger partial charge in [0.25, 0.3) is 5.91 Å². The average Bonchev–Trinajstić information content (AvgIpc) is 2.87. The van der Waals surface area contributed by atoms with Gasteiger partial charge in [0.1, 0.15) is 6.54 Å². The molecule has 0 aromatic carbocycles. The highest BCUT2D eigenvalue weighted by Crippen LogP contribution is 2.33. The van der Waals surface area contributed by atoms with Crippen molar-refractivity contribution >= 4 is 29.1 Å². The monoisotopic (exact) mass is 392 g/mol. The van der Waals surface area contributed by atoms with Crippen molar-refractivity contribution < 1.29 is 19.5 Å². The predicted octanol–water partition coefficient (Wildman–Crippen LogP) is 2.80. The lowest BCUT2D eigenvalue weighted by molar-refractivity contribution is -0.145. The molecule has 1 aliphatic carbocycles. The molecule has 0 radical (unpaired) electrons. The summed E-state index contributed by atoms with van der Waals surface area (Å²) in [4.78, 5) is 41.4. The van der Waals surface area contributed by atoms with E-state index in [0.29, 0.717) is 25.4 Å². The van der Waals surface area contributed by atoms with Gasteiger partial charge in [-0.25, -0.2) is 0 Å². The highest BCUT2D eigenvalue weighted by atomic mass is 32.1. The average molecular weight is 393 g/mol. The highest BCUT2D eigenvalue weighted by molar-refractivity contribution is 7.14. The minimum atomic E-state index is -0.999. The van der Waals surface area contributed by atoms with Gasteiger partial charge in [-0.1, -0.05) is 6.92 Å². The zero-order valence-corrected chi connectivity index (χ0v) is 16.9. The van der Waals surface area contributed by atoms with Crippen molar-refractivity contribution in [1.29, 1.82) is 0 Å². The number of carbonyl (C=O) groups excluding carboxylic acids is 2. The normalized spacial score (nSPS) is 22.7. The van der Waals surface area contributed by atoms with Gasteiger partial charge in [-0.3, -0.25) is 14.4 Å². The molecule has 1 aromatic heterocycles. The van der Waals surface area contributed by atoms with Crippen molar-refractivity contribution in [2.45, 2.75) is 58.4 Å². The fraction of sp³-hybridized carbons (Fsp3) is 0.650. The molecular weight excluding hydrogens is 364 g/mol. The summed E-state index contributed by atoms with van der Waals surface area (Å²) >= 11 is 1.63. The lowest BCUT2D eigenvalue weighted by Gasteiger charge is -2.28. The zero-order valence-electron chi connectivity index (χ0n) is 16.1. The summed E-state index contributed by atoms with van der Waals surface area (Å²) in [6, 6.07) is 1.96. The second-order valence-corrected chi connectivity index (χ2v) is 8.96. The topological polar surface area (TPSA) is 77.9 Å². The second kappa shape index (κ2) is 8.42. The molecule has 1 N–H and O–H groups in total. The molecule has 6 nitrogen and oxygen atoms in total. The number of amides is 2. The van der Waals surface area contributed by atoms with Crippen LogP contribution in [-0.4, -0.2) is 58.4 Å². The maximum atomic E-state index is 13.0. The van der Waals surface area contributed by atoms with Gasteiger partial charge in [0.2, 0.25) is 5.91 Å². The molecule has 1 aliphatic heterocycles. The third-order valence-electron chi connectivity index (χ3n) is 5.68. The number of carboxylic acids is 1. The van der Waals surface area contributed by atoms with Gasteiger partial charge in [-0.15, -0.1) is 11.3 Å². The Morgan fingerprint density at radius 2 is 2.04 bits per heavy atom. The molecule has 0 saturated carbocycles. The third-order valence-corrected chi connectivity index (χ3v) is 6.90. The molecule has 1 aromatic rings. The van der Waals surface area contributed by atoms with Crippen LogP contribution in [-0.2, 0) is 22.4 Å². The molecule has 2 amide bonds. The smallest absolute Gasteiger partial charge is 0.323 e. The summed E-state index contributed by atoms with van der Waals surface area (Å²) in [7, 11) is 0. The quantitative estimate of drug-likeness (QED) is 0.855. The molecule has 7 heteroatoms. The minimum absolute atomic E-state index is 0.0790. The molecule has 1 fully saturated rings. The Bertz CT molecular complexity index is 730. The summed E-state index contributed by atoms with van der Waals surface area (Å²) < 4.78 is 0. The number of hydrogen-bond acceptors (Lipinski definition) is 4. The standard InChI is InChI=1S/C20H28N2O4S/c1-13-5-6-17-15(10-13)11-18(27-17)20(26)21-8-3-4-16(7-9-21)22(14(2)23)12-19(24)25/h11,13,16H,3-10,12H2,1-2H3,(H,24,25). The Morgan fingerprint density at radius 1 is 1.26 bits per heavy atom. The van der Waals surface area contributed by atoms with E-state index in [4.69, 9.17) is 5.11 Å². The minimum Gasteiger partial charge on any atom is -0.480 e. The van der Waals surface area contributed by atoms with Crippen LogP contribution in [0.25, 0.3) is 0 Å². The number of hydrogen-bond donors (Lipinski definition) is 1. The van der Waals surface area contributed by atoms with E-state index in [1.54, 1.807) is 11.3 Å². The number of thiophene rings is 1. The number of aryl methyl sites for hydroxylation is 1. The van der Waals surface area contributed by atoms with Crippen molar-refractivity contribution in [3.8, 4) is 0 Å². The van der Waals surface area contributed by atoms with Gasteiger partial charge in [0.05, 0.1) is 4.88 Å². The van der Waals surface area contributed by atoms with Crippen LogP contribution >= 0.6 is 11.3 Å². The number of nitrogens with zero attached hydrogens (tertiary/aromatic N) is 2. The Balaban J connectivity index is 1.66. The summed E-state index contributed by atoms with van der Waals surface area (Å²) in [6.07, 6.45) is 5.46. The van der Waals surface area contributed by atoms with Gasteiger partial charge in [-0.05, 0) is 56.1 Å². The van der Waals surface area contributed by atoms with Crippen LogP contribution < -0.4 is 0 Å². The molecule has 3 rings (SSSR count). The molecule has 1 saturated heterocycles. The number of carbonyl (C=O) groups is 3. The Morgan fingerprint density at radius 3 is 2.74 bits per heavy atom. The first-order valence-corrected chi connectivity index (χ1v) is 10.6. The maximum Gasteiger partial charge on any atom is 0.323 e. The molecule has 2 atom stereocenters. The first kappa shape index (κ1) is 19.9. The number of fused-ring (bicyclic) bond motifs is 1. The van der Waals surface area contributed by atoms with E-state index in [-0.39, 0.29) is 24.4 Å². The highest BCUT2D eigenvalue weighted by Gasteiger charge is 2.29. The SMILES string of the molecule is CC(=O)N(CC(=O)O)C1CCCN(C(=O)c2cc3c(s2)CCC(C)C3)CC1. The first-order chi connectivity index (χ1) is 12.8. The van der Waals surface area contributed by atoms with E-state index in [1.807, 2.05) is 4.90 Å². The molecule has 0 bridgehead atoms. The van der Waals surface area contributed by atoms with Crippen LogP contribution in [0, 0.1) is 5.92 Å². The van der Waals surface area contributed by atoms with E-state index < -0.39 is 5.97 Å². The van der Waals surface area contributed by atoms with E-state index in [2.05, 4.69) is 13.0 Å². The van der Waals surface area contributed by atoms with Crippen molar-refractivity contribution in [3.05, 3.63) is 21.4 Å². The number of aliphatic carboxylic acids is 1. The molecule has 2 unspecified atom stereocenters. The zero-order chi connectivity index (χ0) is 19.6. The van der Waals surface area contributed by atoms with Crippen molar-refractivity contribution in [2.24, 2.45) is 5.92 Å². The second-order valence-electron chi connectivity index (χ2n) is 7.82. The van der Waals surface area contributed by atoms with Crippen LogP contribution in [0.5, 0.6) is 0 Å². The molecule has 148 valence electrons. The third kappa shape index (κ3) is 4.69. The van der Waals surface area contributed by atoms with Crippen LogP contribution in [0.2, 0.25) is 0 Å². The van der Waals surface area contributed by atoms with E-state index >= 15 is 0 Å². The summed E-state index contributed by atoms with van der Waals surface area (Å²) in [5.74, 6) is -0.459. The molecule has 0 spiro atoms. The van der Waals surface area contributed by atoms with Gasteiger partial charge >= 0.3 is 5.97 Å². The lowest BCUT2D eigenvalue weighted by atomic mass is 9.90. The predicted molar refractivity (Wildman–Crippen MR) is 104 cm³/mol. The van der Waals surface area contributed by atoms with Crippen LogP contribution in [0.4, 0.5) is 0 Å². The van der Waals surface area contributed by atoms with Crippen LogP contribution in [0.15, 0.2) is 6.07 Å². The summed E-state index contributed by atoms with van der Waals surface area (Å²) in [5, 5.41) is 9.06. The van der Waals surface area contributed by atoms with E-state index in [9.17, 15) is 14.4 Å². The van der Waals surface area contributed by atoms with Crippen molar-refractivity contribution in [3.63, 3.8) is 0 Å². The first-order valence-electron chi connectivity index (χ1n) is 9.75. The molecule has 27 heavy (non-hydrogen) atoms. The number of rotatable bonds is 4. The number of likely N-dealkylation sites (tertiary alicyclic amines) is 1. The Labute approximate surface area is 164 Å². The van der Waals surface area contributed by atoms with Crippen molar-refractivity contribution in [2.75, 3.05) is 19.6 Å². The molecule has 2 aliphatic rings. The fourth-order valence-corrected chi connectivity index (χ4v) is 5.38. The fourth-order valence-electron chi connectivity index (χ4n) is 4.20. The summed E-state index contributed by atoms with van der Waals surface area (Å²) in [6.45, 7) is 4.62. The number of carboxylic acid groups (broad SMARTS) is 1. The molecular formula is C20H28N2O4S. The van der Waals surface area contributed by atoms with Gasteiger partial charge in [0, 0.05) is 30.9 Å². The van der Waals surface area contributed by atoms with Gasteiger partial charge < -0.3 is 14.9 Å². The van der Waals surface area contributed by atoms with Crippen LogP contribution in [0.1, 0.15) is 59.6 Å². The summed E-state index contributed by atoms with van der Waals surface area (Å²) in [5.41, 5.74) is 1.33. The Kier molecular flexibility index (Phi) is 6.19. The lowest BCUT2D eigenvalue weighted by Crippen LogP contribution is -2.43. The van der Waals surface area contributed by atoms with E-state index in [1.165, 1.54) is 28.7 Å². The largest absolute Gasteiger partial charge is 0.480 e. The van der Waals surface area contributed by atoms with Gasteiger partial charge in [0.15, 0.2) is 0 Å². The molecule has 2 heterocycles. The maximum absolute atomic E-state index is 13.0. The van der Waals surface area contributed by atoms with Crippen LogP contribution in [0.3, 0.4) is 0 Å². The van der Waals surface area contributed by atoms with Crippen molar-refractivity contribution in [1.82, 2.24) is 9.80 Å². The van der Waals surface area contributed by atoms with Gasteiger partial charge in [-0.2, -0.15) is 0 Å².